The summed E-state index contributed by atoms with van der Waals surface area (Å²) in [7, 11) is -4.29. The minimum Gasteiger partial charge on any atom is -0.452 e. The Balaban J connectivity index is 1.74. The zero-order valence-electron chi connectivity index (χ0n) is 15.2. The van der Waals surface area contributed by atoms with Crippen molar-refractivity contribution in [3.05, 3.63) is 59.7 Å². The van der Waals surface area contributed by atoms with Gasteiger partial charge in [0.2, 0.25) is 0 Å². The van der Waals surface area contributed by atoms with E-state index in [0.717, 1.165) is 18.9 Å². The number of ether oxygens (including phenoxy) is 1. The fraction of sp³-hybridized carbons (Fsp3) is 0.263. The van der Waals surface area contributed by atoms with Crippen LogP contribution in [-0.4, -0.2) is 44.9 Å². The highest BCUT2D eigenvalue weighted by molar-refractivity contribution is 7.92. The molecule has 29 heavy (non-hydrogen) atoms. The molecule has 1 amide bonds. The highest BCUT2D eigenvalue weighted by atomic mass is 32.2. The van der Waals surface area contributed by atoms with Crippen molar-refractivity contribution in [3.8, 4) is 0 Å². The van der Waals surface area contributed by atoms with Crippen molar-refractivity contribution in [2.45, 2.75) is 17.7 Å². The minimum atomic E-state index is -4.29. The van der Waals surface area contributed by atoms with Crippen LogP contribution in [0.1, 0.15) is 23.2 Å². The molecule has 0 aliphatic carbocycles. The van der Waals surface area contributed by atoms with E-state index in [1.165, 1.54) is 24.3 Å². The molecule has 0 aromatic heterocycles. The molecule has 0 radical (unpaired) electrons. The quantitative estimate of drug-likeness (QED) is 0.720. The van der Waals surface area contributed by atoms with Crippen LogP contribution < -0.4 is 4.72 Å². The standard InChI is InChI=1S/C19H18F2N2O5S/c20-15-8-7-13(11-16(15)21)29(26,27)22-17-6-2-1-5-14(17)19(25)28-12-18(24)23-9-3-4-10-23/h1-2,5-8,11,22H,3-4,9-10,12H2. The molecule has 1 N–H and O–H groups in total. The fourth-order valence-corrected chi connectivity index (χ4v) is 3.95. The number of halogens is 2. The number of benzene rings is 2. The van der Waals surface area contributed by atoms with Gasteiger partial charge in [-0.2, -0.15) is 0 Å². The van der Waals surface area contributed by atoms with Crippen molar-refractivity contribution in [2.24, 2.45) is 0 Å². The Bertz CT molecular complexity index is 1040. The maximum atomic E-state index is 13.4. The first-order valence-corrected chi connectivity index (χ1v) is 10.3. The van der Waals surface area contributed by atoms with Gasteiger partial charge in [-0.15, -0.1) is 0 Å². The molecule has 1 aliphatic heterocycles. The summed E-state index contributed by atoms with van der Waals surface area (Å²) in [6.07, 6.45) is 1.79. The van der Waals surface area contributed by atoms with Crippen LogP contribution >= 0.6 is 0 Å². The average Bonchev–Trinajstić information content (AvgIpc) is 3.23. The molecule has 1 saturated heterocycles. The molecule has 1 heterocycles. The van der Waals surface area contributed by atoms with Gasteiger partial charge in [0.15, 0.2) is 18.2 Å². The van der Waals surface area contributed by atoms with Gasteiger partial charge in [0.05, 0.1) is 16.1 Å². The van der Waals surface area contributed by atoms with E-state index in [1.54, 1.807) is 4.90 Å². The molecule has 0 unspecified atom stereocenters. The summed E-state index contributed by atoms with van der Waals surface area (Å²) in [6, 6.07) is 7.74. The Morgan fingerprint density at radius 1 is 1.03 bits per heavy atom. The Morgan fingerprint density at radius 2 is 1.72 bits per heavy atom. The van der Waals surface area contributed by atoms with Crippen molar-refractivity contribution in [1.29, 1.82) is 0 Å². The van der Waals surface area contributed by atoms with Crippen molar-refractivity contribution in [1.82, 2.24) is 4.90 Å². The van der Waals surface area contributed by atoms with E-state index < -0.39 is 39.1 Å². The fourth-order valence-electron chi connectivity index (χ4n) is 2.86. The number of likely N-dealkylation sites (tertiary alicyclic amines) is 1. The molecule has 154 valence electrons. The van der Waals surface area contributed by atoms with Gasteiger partial charge < -0.3 is 9.64 Å². The van der Waals surface area contributed by atoms with Gasteiger partial charge in [-0.05, 0) is 43.2 Å². The Labute approximate surface area is 166 Å². The second kappa shape index (κ2) is 8.56. The zero-order valence-corrected chi connectivity index (χ0v) is 16.0. The van der Waals surface area contributed by atoms with Crippen molar-refractivity contribution >= 4 is 27.6 Å². The van der Waals surface area contributed by atoms with E-state index in [4.69, 9.17) is 4.74 Å². The highest BCUT2D eigenvalue weighted by Gasteiger charge is 2.23. The lowest BCUT2D eigenvalue weighted by Gasteiger charge is -2.16. The van der Waals surface area contributed by atoms with Crippen LogP contribution in [0.15, 0.2) is 47.4 Å². The van der Waals surface area contributed by atoms with Crippen LogP contribution in [0.3, 0.4) is 0 Å². The van der Waals surface area contributed by atoms with E-state index in [0.29, 0.717) is 25.2 Å². The number of hydrogen-bond donors (Lipinski definition) is 1. The Kier molecular flexibility index (Phi) is 6.12. The summed E-state index contributed by atoms with van der Waals surface area (Å²) in [6.45, 7) is 0.769. The van der Waals surface area contributed by atoms with Gasteiger partial charge in [-0.25, -0.2) is 22.0 Å². The molecule has 10 heteroatoms. The highest BCUT2D eigenvalue weighted by Crippen LogP contribution is 2.22. The second-order valence-corrected chi connectivity index (χ2v) is 8.07. The van der Waals surface area contributed by atoms with Gasteiger partial charge in [-0.1, -0.05) is 12.1 Å². The third-order valence-electron chi connectivity index (χ3n) is 4.38. The lowest BCUT2D eigenvalue weighted by molar-refractivity contribution is -0.133. The molecule has 0 spiro atoms. The molecule has 0 saturated carbocycles. The number of esters is 1. The lowest BCUT2D eigenvalue weighted by Crippen LogP contribution is -2.32. The summed E-state index contributed by atoms with van der Waals surface area (Å²) in [5.74, 6) is -3.71. The number of rotatable bonds is 6. The summed E-state index contributed by atoms with van der Waals surface area (Å²) in [4.78, 5) is 25.5. The SMILES string of the molecule is O=C(OCC(=O)N1CCCC1)c1ccccc1NS(=O)(=O)c1ccc(F)c(F)c1. The maximum absolute atomic E-state index is 13.4. The lowest BCUT2D eigenvalue weighted by atomic mass is 10.2. The minimum absolute atomic E-state index is 0.115. The van der Waals surface area contributed by atoms with E-state index in [9.17, 15) is 26.8 Å². The molecule has 1 aliphatic rings. The molecule has 3 rings (SSSR count). The first-order valence-electron chi connectivity index (χ1n) is 8.80. The number of sulfonamides is 1. The largest absolute Gasteiger partial charge is 0.452 e. The van der Waals surface area contributed by atoms with Gasteiger partial charge >= 0.3 is 5.97 Å². The zero-order chi connectivity index (χ0) is 21.0. The van der Waals surface area contributed by atoms with Gasteiger partial charge in [0.25, 0.3) is 15.9 Å². The van der Waals surface area contributed by atoms with Crippen LogP contribution in [0, 0.1) is 11.6 Å². The maximum Gasteiger partial charge on any atom is 0.340 e. The Hall–Kier alpha value is -3.01. The monoisotopic (exact) mass is 424 g/mol. The smallest absolute Gasteiger partial charge is 0.340 e. The normalized spacial score (nSPS) is 13.9. The van der Waals surface area contributed by atoms with Gasteiger partial charge in [-0.3, -0.25) is 9.52 Å². The number of para-hydroxylation sites is 1. The van der Waals surface area contributed by atoms with E-state index in [2.05, 4.69) is 4.72 Å². The van der Waals surface area contributed by atoms with Crippen LogP contribution in [-0.2, 0) is 19.6 Å². The van der Waals surface area contributed by atoms with Gasteiger partial charge in [0.1, 0.15) is 0 Å². The predicted octanol–water partition coefficient (Wildman–Crippen LogP) is 2.54. The summed E-state index contributed by atoms with van der Waals surface area (Å²) >= 11 is 0. The predicted molar refractivity (Wildman–Crippen MR) is 99.7 cm³/mol. The second-order valence-electron chi connectivity index (χ2n) is 6.39. The van der Waals surface area contributed by atoms with Crippen molar-refractivity contribution in [2.75, 3.05) is 24.4 Å². The summed E-state index contributed by atoms with van der Waals surface area (Å²) < 4.78 is 58.6. The molecule has 2 aromatic rings. The number of carbonyl (C=O) groups is 2. The molecular formula is C19H18F2N2O5S. The molecule has 1 fully saturated rings. The topological polar surface area (TPSA) is 92.8 Å². The number of carbonyl (C=O) groups excluding carboxylic acids is 2. The van der Waals surface area contributed by atoms with Gasteiger partial charge in [0, 0.05) is 13.1 Å². The van der Waals surface area contributed by atoms with Crippen LogP contribution in [0.2, 0.25) is 0 Å². The Morgan fingerprint density at radius 3 is 2.41 bits per heavy atom. The van der Waals surface area contributed by atoms with E-state index >= 15 is 0 Å². The molecule has 2 aromatic carbocycles. The number of hydrogen-bond acceptors (Lipinski definition) is 5. The molecule has 0 atom stereocenters. The van der Waals surface area contributed by atoms with Crippen molar-refractivity contribution < 1.29 is 31.5 Å². The van der Waals surface area contributed by atoms with E-state index in [1.807, 2.05) is 0 Å². The van der Waals surface area contributed by atoms with Crippen LogP contribution in [0.25, 0.3) is 0 Å². The number of anilines is 1. The first-order chi connectivity index (χ1) is 13.8. The van der Waals surface area contributed by atoms with Crippen LogP contribution in [0.5, 0.6) is 0 Å². The number of amides is 1. The number of nitrogens with zero attached hydrogens (tertiary/aromatic N) is 1. The number of nitrogens with one attached hydrogen (secondary N) is 1. The van der Waals surface area contributed by atoms with E-state index in [-0.39, 0.29) is 17.2 Å². The summed E-state index contributed by atoms with van der Waals surface area (Å²) in [5, 5.41) is 0. The first kappa shape index (κ1) is 20.7. The summed E-state index contributed by atoms with van der Waals surface area (Å²) in [5.41, 5.74) is -0.233. The third kappa shape index (κ3) is 4.89. The molecule has 0 bridgehead atoms. The molecule has 7 nitrogen and oxygen atoms in total. The average molecular weight is 424 g/mol. The van der Waals surface area contributed by atoms with Crippen molar-refractivity contribution in [3.63, 3.8) is 0 Å². The van der Waals surface area contributed by atoms with Crippen LogP contribution in [0.4, 0.5) is 14.5 Å². The molecular weight excluding hydrogens is 406 g/mol. The third-order valence-corrected chi connectivity index (χ3v) is 5.74.